The van der Waals surface area contributed by atoms with Gasteiger partial charge in [-0.05, 0) is 23.6 Å². The fraction of sp³-hybridized carbons (Fsp3) is 0.538. The molecule has 0 saturated carbocycles. The molecule has 0 spiro atoms. The molecule has 0 aliphatic carbocycles. The summed E-state index contributed by atoms with van der Waals surface area (Å²) in [4.78, 5) is 2.26. The van der Waals surface area contributed by atoms with Gasteiger partial charge >= 0.3 is 0 Å². The molecule has 1 rings (SSSR count). The Balaban J connectivity index is 2.67. The van der Waals surface area contributed by atoms with Crippen molar-refractivity contribution in [1.29, 1.82) is 0 Å². The van der Waals surface area contributed by atoms with Gasteiger partial charge in [-0.25, -0.2) is 4.39 Å². The molecular formula is C13H20ClFN2. The van der Waals surface area contributed by atoms with E-state index in [1.54, 1.807) is 12.1 Å². The molecule has 2 N–H and O–H groups in total. The highest BCUT2D eigenvalue weighted by atomic mass is 35.5. The quantitative estimate of drug-likeness (QED) is 0.850. The molecular weight excluding hydrogens is 239 g/mol. The van der Waals surface area contributed by atoms with Crippen molar-refractivity contribution in [2.24, 2.45) is 11.7 Å². The van der Waals surface area contributed by atoms with Crippen LogP contribution in [0.15, 0.2) is 18.2 Å². The average molecular weight is 259 g/mol. The van der Waals surface area contributed by atoms with E-state index in [2.05, 4.69) is 18.7 Å². The van der Waals surface area contributed by atoms with Gasteiger partial charge in [0.1, 0.15) is 5.82 Å². The molecule has 1 aromatic carbocycles. The lowest BCUT2D eigenvalue weighted by Gasteiger charge is -2.23. The van der Waals surface area contributed by atoms with Crippen LogP contribution in [0, 0.1) is 11.7 Å². The zero-order chi connectivity index (χ0) is 12.8. The van der Waals surface area contributed by atoms with E-state index in [-0.39, 0.29) is 10.8 Å². The van der Waals surface area contributed by atoms with Crippen molar-refractivity contribution in [3.8, 4) is 0 Å². The van der Waals surface area contributed by atoms with Crippen LogP contribution in [0.5, 0.6) is 0 Å². The van der Waals surface area contributed by atoms with Crippen molar-refractivity contribution in [2.75, 3.05) is 19.6 Å². The number of halogens is 2. The minimum atomic E-state index is -0.371. The molecule has 0 fully saturated rings. The molecule has 4 heteroatoms. The fourth-order valence-electron chi connectivity index (χ4n) is 1.83. The zero-order valence-electron chi connectivity index (χ0n) is 10.4. The summed E-state index contributed by atoms with van der Waals surface area (Å²) in [6.07, 6.45) is 0. The Bertz CT molecular complexity index is 355. The van der Waals surface area contributed by atoms with Crippen LogP contribution in [0.3, 0.4) is 0 Å². The second kappa shape index (κ2) is 6.94. The maximum Gasteiger partial charge on any atom is 0.141 e. The average Bonchev–Trinajstić information content (AvgIpc) is 2.23. The van der Waals surface area contributed by atoms with Crippen LogP contribution in [0.2, 0.25) is 5.02 Å². The first-order valence-electron chi connectivity index (χ1n) is 5.89. The lowest BCUT2D eigenvalue weighted by atomic mass is 10.1. The van der Waals surface area contributed by atoms with E-state index in [0.29, 0.717) is 12.5 Å². The Morgan fingerprint density at radius 3 is 2.65 bits per heavy atom. The highest BCUT2D eigenvalue weighted by molar-refractivity contribution is 6.30. The maximum absolute atomic E-state index is 13.0. The first-order chi connectivity index (χ1) is 8.02. The van der Waals surface area contributed by atoms with Crippen molar-refractivity contribution in [3.63, 3.8) is 0 Å². The first-order valence-corrected chi connectivity index (χ1v) is 6.27. The SMILES string of the molecule is CC(C)CN(CCN)Cc1ccc(F)c(Cl)c1. The van der Waals surface area contributed by atoms with Crippen LogP contribution in [0.4, 0.5) is 4.39 Å². The van der Waals surface area contributed by atoms with E-state index in [4.69, 9.17) is 17.3 Å². The van der Waals surface area contributed by atoms with Crippen LogP contribution < -0.4 is 5.73 Å². The summed E-state index contributed by atoms with van der Waals surface area (Å²) in [5.74, 6) is 0.210. The number of hydrogen-bond acceptors (Lipinski definition) is 2. The van der Waals surface area contributed by atoms with Crippen LogP contribution in [0.1, 0.15) is 19.4 Å². The second-order valence-electron chi connectivity index (χ2n) is 4.67. The van der Waals surface area contributed by atoms with Crippen molar-refractivity contribution >= 4 is 11.6 Å². The molecule has 1 aromatic rings. The summed E-state index contributed by atoms with van der Waals surface area (Å²) < 4.78 is 13.0. The van der Waals surface area contributed by atoms with E-state index in [0.717, 1.165) is 25.2 Å². The smallest absolute Gasteiger partial charge is 0.141 e. The molecule has 0 saturated heterocycles. The van der Waals surface area contributed by atoms with Gasteiger partial charge < -0.3 is 5.73 Å². The number of nitrogens with zero attached hydrogens (tertiary/aromatic N) is 1. The Labute approximate surface area is 108 Å². The number of rotatable bonds is 6. The summed E-state index contributed by atoms with van der Waals surface area (Å²) in [7, 11) is 0. The van der Waals surface area contributed by atoms with Gasteiger partial charge in [0, 0.05) is 26.2 Å². The van der Waals surface area contributed by atoms with Crippen LogP contribution in [-0.4, -0.2) is 24.5 Å². The normalized spacial score (nSPS) is 11.5. The van der Waals surface area contributed by atoms with E-state index in [1.165, 1.54) is 6.07 Å². The molecule has 0 radical (unpaired) electrons. The monoisotopic (exact) mass is 258 g/mol. The minimum absolute atomic E-state index is 0.180. The summed E-state index contributed by atoms with van der Waals surface area (Å²) in [6, 6.07) is 4.86. The first kappa shape index (κ1) is 14.4. The van der Waals surface area contributed by atoms with Crippen LogP contribution in [-0.2, 0) is 6.54 Å². The van der Waals surface area contributed by atoms with Crippen molar-refractivity contribution in [2.45, 2.75) is 20.4 Å². The molecule has 96 valence electrons. The second-order valence-corrected chi connectivity index (χ2v) is 5.07. The van der Waals surface area contributed by atoms with Crippen LogP contribution in [0.25, 0.3) is 0 Å². The molecule has 0 heterocycles. The van der Waals surface area contributed by atoms with E-state index in [1.807, 2.05) is 0 Å². The van der Waals surface area contributed by atoms with Gasteiger partial charge in [-0.15, -0.1) is 0 Å². The number of nitrogens with two attached hydrogens (primary N) is 1. The fourth-order valence-corrected chi connectivity index (χ4v) is 2.03. The van der Waals surface area contributed by atoms with Gasteiger partial charge in [-0.3, -0.25) is 4.90 Å². The minimum Gasteiger partial charge on any atom is -0.329 e. The van der Waals surface area contributed by atoms with Gasteiger partial charge in [0.05, 0.1) is 5.02 Å². The van der Waals surface area contributed by atoms with Gasteiger partial charge in [0.25, 0.3) is 0 Å². The molecule has 0 bridgehead atoms. The number of hydrogen-bond donors (Lipinski definition) is 1. The van der Waals surface area contributed by atoms with E-state index in [9.17, 15) is 4.39 Å². The molecule has 2 nitrogen and oxygen atoms in total. The predicted molar refractivity (Wildman–Crippen MR) is 70.6 cm³/mol. The van der Waals surface area contributed by atoms with Crippen LogP contribution >= 0.6 is 11.6 Å². The van der Waals surface area contributed by atoms with Gasteiger partial charge in [0.2, 0.25) is 0 Å². The van der Waals surface area contributed by atoms with Gasteiger partial charge in [0.15, 0.2) is 0 Å². The standard InChI is InChI=1S/C13H20ClFN2/c1-10(2)8-17(6-5-16)9-11-3-4-13(15)12(14)7-11/h3-4,7,10H,5-6,8-9,16H2,1-2H3. The van der Waals surface area contributed by atoms with Crippen molar-refractivity contribution < 1.29 is 4.39 Å². The largest absolute Gasteiger partial charge is 0.329 e. The molecule has 0 aliphatic heterocycles. The summed E-state index contributed by atoms with van der Waals surface area (Å²) >= 11 is 5.76. The number of benzene rings is 1. The summed E-state index contributed by atoms with van der Waals surface area (Å²) in [5, 5.41) is 0.180. The van der Waals surface area contributed by atoms with Gasteiger partial charge in [-0.1, -0.05) is 31.5 Å². The zero-order valence-corrected chi connectivity index (χ0v) is 11.2. The molecule has 0 aromatic heterocycles. The maximum atomic E-state index is 13.0. The van der Waals surface area contributed by atoms with E-state index < -0.39 is 0 Å². The molecule has 0 aliphatic rings. The van der Waals surface area contributed by atoms with E-state index >= 15 is 0 Å². The lowest BCUT2D eigenvalue weighted by molar-refractivity contribution is 0.242. The van der Waals surface area contributed by atoms with Crippen molar-refractivity contribution in [3.05, 3.63) is 34.6 Å². The Kier molecular flexibility index (Phi) is 5.89. The Hall–Kier alpha value is -0.640. The lowest BCUT2D eigenvalue weighted by Crippen LogP contribution is -2.32. The molecule has 0 atom stereocenters. The third-order valence-corrected chi connectivity index (χ3v) is 2.75. The molecule has 0 unspecified atom stereocenters. The molecule has 0 amide bonds. The third kappa shape index (κ3) is 5.02. The van der Waals surface area contributed by atoms with Gasteiger partial charge in [-0.2, -0.15) is 0 Å². The summed E-state index contributed by atoms with van der Waals surface area (Å²) in [6.45, 7) is 7.54. The predicted octanol–water partition coefficient (Wildman–Crippen LogP) is 2.90. The highest BCUT2D eigenvalue weighted by Gasteiger charge is 2.08. The summed E-state index contributed by atoms with van der Waals surface area (Å²) in [5.41, 5.74) is 6.60. The third-order valence-electron chi connectivity index (χ3n) is 2.46. The Morgan fingerprint density at radius 2 is 2.12 bits per heavy atom. The topological polar surface area (TPSA) is 29.3 Å². The highest BCUT2D eigenvalue weighted by Crippen LogP contribution is 2.17. The Morgan fingerprint density at radius 1 is 1.41 bits per heavy atom. The molecule has 17 heavy (non-hydrogen) atoms. The van der Waals surface area contributed by atoms with Crippen molar-refractivity contribution in [1.82, 2.24) is 4.90 Å².